The van der Waals surface area contributed by atoms with Crippen molar-refractivity contribution in [2.24, 2.45) is 5.73 Å². The van der Waals surface area contributed by atoms with Crippen LogP contribution >= 0.6 is 0 Å². The molecule has 0 spiro atoms. The van der Waals surface area contributed by atoms with E-state index in [4.69, 9.17) is 5.73 Å². The summed E-state index contributed by atoms with van der Waals surface area (Å²) in [6.07, 6.45) is 5.52. The van der Waals surface area contributed by atoms with Crippen molar-refractivity contribution in [1.82, 2.24) is 9.80 Å². The highest BCUT2D eigenvalue weighted by Crippen LogP contribution is 2.30. The van der Waals surface area contributed by atoms with Crippen molar-refractivity contribution in [3.05, 3.63) is 0 Å². The van der Waals surface area contributed by atoms with Gasteiger partial charge in [-0.25, -0.2) is 0 Å². The Morgan fingerprint density at radius 3 is 2.20 bits per heavy atom. The van der Waals surface area contributed by atoms with Crippen LogP contribution in [0.25, 0.3) is 0 Å². The minimum absolute atomic E-state index is 0.322. The molecule has 0 amide bonds. The van der Waals surface area contributed by atoms with Gasteiger partial charge in [-0.1, -0.05) is 0 Å². The predicted molar refractivity (Wildman–Crippen MR) is 63.9 cm³/mol. The minimum Gasteiger partial charge on any atom is -0.327 e. The average molecular weight is 211 g/mol. The molecule has 1 aliphatic heterocycles. The van der Waals surface area contributed by atoms with Gasteiger partial charge in [0.25, 0.3) is 0 Å². The molecule has 0 aromatic heterocycles. The third-order valence-electron chi connectivity index (χ3n) is 3.80. The second kappa shape index (κ2) is 4.81. The monoisotopic (exact) mass is 211 g/mol. The zero-order chi connectivity index (χ0) is 10.8. The zero-order valence-corrected chi connectivity index (χ0v) is 10.2. The molecule has 0 radical (unpaired) electrons. The molecule has 2 rings (SSSR count). The first-order valence-corrected chi connectivity index (χ1v) is 6.36. The van der Waals surface area contributed by atoms with Gasteiger partial charge in [0.1, 0.15) is 0 Å². The lowest BCUT2D eigenvalue weighted by molar-refractivity contribution is 0.120. The minimum atomic E-state index is 0.322. The molecule has 1 unspecified atom stereocenters. The van der Waals surface area contributed by atoms with Crippen LogP contribution in [0.1, 0.15) is 32.6 Å². The number of likely N-dealkylation sites (tertiary alicyclic amines) is 1. The highest BCUT2D eigenvalue weighted by molar-refractivity contribution is 4.89. The maximum atomic E-state index is 5.82. The summed E-state index contributed by atoms with van der Waals surface area (Å²) in [5.41, 5.74) is 5.82. The van der Waals surface area contributed by atoms with Crippen LogP contribution in [0.15, 0.2) is 0 Å². The normalized spacial score (nSPS) is 27.2. The lowest BCUT2D eigenvalue weighted by atomic mass is 10.0. The smallest absolute Gasteiger partial charge is 0.0139 e. The number of rotatable bonds is 4. The lowest BCUT2D eigenvalue weighted by Gasteiger charge is -2.37. The van der Waals surface area contributed by atoms with Gasteiger partial charge in [-0.2, -0.15) is 0 Å². The number of hydrogen-bond acceptors (Lipinski definition) is 3. The van der Waals surface area contributed by atoms with Crippen LogP contribution in [-0.2, 0) is 0 Å². The maximum absolute atomic E-state index is 5.82. The highest BCUT2D eigenvalue weighted by Gasteiger charge is 2.32. The molecule has 1 atom stereocenters. The topological polar surface area (TPSA) is 32.5 Å². The van der Waals surface area contributed by atoms with Crippen LogP contribution < -0.4 is 5.73 Å². The fourth-order valence-corrected chi connectivity index (χ4v) is 2.70. The van der Waals surface area contributed by atoms with Crippen molar-refractivity contribution in [2.75, 3.05) is 26.7 Å². The highest BCUT2D eigenvalue weighted by atomic mass is 15.2. The molecule has 2 fully saturated rings. The Balaban J connectivity index is 1.71. The van der Waals surface area contributed by atoms with Gasteiger partial charge in [0.05, 0.1) is 0 Å². The van der Waals surface area contributed by atoms with Crippen molar-refractivity contribution in [2.45, 2.75) is 50.7 Å². The van der Waals surface area contributed by atoms with Crippen LogP contribution in [0, 0.1) is 0 Å². The van der Waals surface area contributed by atoms with E-state index >= 15 is 0 Å². The summed E-state index contributed by atoms with van der Waals surface area (Å²) in [6, 6.07) is 2.07. The fraction of sp³-hybridized carbons (Fsp3) is 1.00. The molecule has 1 heterocycles. The molecular formula is C12H25N3. The quantitative estimate of drug-likeness (QED) is 0.749. The maximum Gasteiger partial charge on any atom is 0.0139 e. The van der Waals surface area contributed by atoms with E-state index in [1.165, 1.54) is 38.8 Å². The summed E-state index contributed by atoms with van der Waals surface area (Å²) in [5, 5.41) is 0. The molecule has 0 aromatic rings. The van der Waals surface area contributed by atoms with Gasteiger partial charge in [-0.15, -0.1) is 0 Å². The lowest BCUT2D eigenvalue weighted by Crippen LogP contribution is -2.46. The van der Waals surface area contributed by atoms with Crippen LogP contribution in [0.4, 0.5) is 0 Å². The summed E-state index contributed by atoms with van der Waals surface area (Å²) < 4.78 is 0. The third-order valence-corrected chi connectivity index (χ3v) is 3.80. The van der Waals surface area contributed by atoms with E-state index in [0.29, 0.717) is 6.04 Å². The second-order valence-corrected chi connectivity index (χ2v) is 5.41. The molecule has 0 bridgehead atoms. The molecule has 15 heavy (non-hydrogen) atoms. The van der Waals surface area contributed by atoms with Crippen molar-refractivity contribution >= 4 is 0 Å². The molecule has 1 saturated carbocycles. The predicted octanol–water partition coefficient (Wildman–Crippen LogP) is 0.892. The van der Waals surface area contributed by atoms with Crippen molar-refractivity contribution < 1.29 is 0 Å². The van der Waals surface area contributed by atoms with Crippen LogP contribution in [0.5, 0.6) is 0 Å². The largest absolute Gasteiger partial charge is 0.327 e. The van der Waals surface area contributed by atoms with E-state index in [9.17, 15) is 0 Å². The van der Waals surface area contributed by atoms with Gasteiger partial charge in [0, 0.05) is 24.7 Å². The Morgan fingerprint density at radius 2 is 1.73 bits per heavy atom. The van der Waals surface area contributed by atoms with E-state index in [0.717, 1.165) is 18.6 Å². The Hall–Kier alpha value is -0.120. The number of nitrogens with zero attached hydrogens (tertiary/aromatic N) is 2. The molecule has 0 aromatic carbocycles. The van der Waals surface area contributed by atoms with E-state index in [2.05, 4.69) is 23.8 Å². The van der Waals surface area contributed by atoms with Crippen LogP contribution in [0.2, 0.25) is 0 Å². The van der Waals surface area contributed by atoms with Crippen LogP contribution in [0.3, 0.4) is 0 Å². The van der Waals surface area contributed by atoms with Gasteiger partial charge in [-0.3, -0.25) is 0 Å². The van der Waals surface area contributed by atoms with E-state index in [1.54, 1.807) is 0 Å². The summed E-state index contributed by atoms with van der Waals surface area (Å²) in [4.78, 5) is 5.13. The summed E-state index contributed by atoms with van der Waals surface area (Å²) >= 11 is 0. The first-order valence-electron chi connectivity index (χ1n) is 6.36. The van der Waals surface area contributed by atoms with Crippen molar-refractivity contribution in [1.29, 1.82) is 0 Å². The summed E-state index contributed by atoms with van der Waals surface area (Å²) in [7, 11) is 2.31. The van der Waals surface area contributed by atoms with Crippen LogP contribution in [-0.4, -0.2) is 54.6 Å². The van der Waals surface area contributed by atoms with Crippen molar-refractivity contribution in [3.8, 4) is 0 Å². The Kier molecular flexibility index (Phi) is 3.65. The molecule has 3 heteroatoms. The van der Waals surface area contributed by atoms with E-state index in [1.807, 2.05) is 0 Å². The summed E-state index contributed by atoms with van der Waals surface area (Å²) in [5.74, 6) is 0. The summed E-state index contributed by atoms with van der Waals surface area (Å²) in [6.45, 7) is 5.65. The Labute approximate surface area is 93.6 Å². The second-order valence-electron chi connectivity index (χ2n) is 5.41. The number of piperidine rings is 1. The Bertz CT molecular complexity index is 193. The zero-order valence-electron chi connectivity index (χ0n) is 10.2. The number of nitrogens with two attached hydrogens (primary N) is 1. The standard InChI is InChI=1S/C12H25N3/c1-10(13)9-15-7-5-12(6-8-15)14(2)11-3-4-11/h10-12H,3-9,13H2,1-2H3. The van der Waals surface area contributed by atoms with Gasteiger partial charge in [0.15, 0.2) is 0 Å². The molecular weight excluding hydrogens is 186 g/mol. The molecule has 1 saturated heterocycles. The van der Waals surface area contributed by atoms with E-state index < -0.39 is 0 Å². The van der Waals surface area contributed by atoms with E-state index in [-0.39, 0.29) is 0 Å². The fourth-order valence-electron chi connectivity index (χ4n) is 2.70. The third kappa shape index (κ3) is 3.16. The Morgan fingerprint density at radius 1 is 1.20 bits per heavy atom. The molecule has 3 nitrogen and oxygen atoms in total. The molecule has 1 aliphatic carbocycles. The van der Waals surface area contributed by atoms with Gasteiger partial charge < -0.3 is 15.5 Å². The molecule has 88 valence electrons. The molecule has 2 N–H and O–H groups in total. The average Bonchev–Trinajstić information content (AvgIpc) is 3.00. The van der Waals surface area contributed by atoms with Gasteiger partial charge >= 0.3 is 0 Å². The first kappa shape index (κ1) is 11.4. The molecule has 2 aliphatic rings. The van der Waals surface area contributed by atoms with Gasteiger partial charge in [0.2, 0.25) is 0 Å². The first-order chi connectivity index (χ1) is 7.16. The van der Waals surface area contributed by atoms with Crippen molar-refractivity contribution in [3.63, 3.8) is 0 Å². The van der Waals surface area contributed by atoms with Gasteiger partial charge in [-0.05, 0) is 52.7 Å². The number of hydrogen-bond donors (Lipinski definition) is 1. The SMILES string of the molecule is CC(N)CN1CCC(N(C)C2CC2)CC1.